The van der Waals surface area contributed by atoms with Gasteiger partial charge in [0.05, 0.1) is 22.1 Å². The summed E-state index contributed by atoms with van der Waals surface area (Å²) in [6, 6.07) is 12.7. The molecule has 0 aliphatic rings. The van der Waals surface area contributed by atoms with Crippen molar-refractivity contribution in [1.29, 1.82) is 0 Å². The fraction of sp³-hybridized carbons (Fsp3) is 0.200. The second kappa shape index (κ2) is 18.0. The number of methoxy groups -OCH3 is 2. The van der Waals surface area contributed by atoms with Gasteiger partial charge in [-0.1, -0.05) is 11.8 Å². The van der Waals surface area contributed by atoms with Crippen LogP contribution in [0.15, 0.2) is 104 Å². The molecule has 8 aromatic heterocycles. The zero-order valence-electron chi connectivity index (χ0n) is 29.7. The van der Waals surface area contributed by atoms with E-state index < -0.39 is 0 Å². The van der Waals surface area contributed by atoms with Gasteiger partial charge in [-0.15, -0.1) is 0 Å². The molecule has 1 N–H and O–H groups in total. The molecule has 0 aliphatic heterocycles. The number of nitrogens with one attached hydrogen (secondary N) is 1. The van der Waals surface area contributed by atoms with E-state index >= 15 is 0 Å². The van der Waals surface area contributed by atoms with Crippen molar-refractivity contribution in [2.75, 3.05) is 26.7 Å². The van der Waals surface area contributed by atoms with Gasteiger partial charge in [-0.2, -0.15) is 0 Å². The average Bonchev–Trinajstić information content (AvgIpc) is 3.71. The van der Waals surface area contributed by atoms with E-state index in [1.54, 1.807) is 60.2 Å². The van der Waals surface area contributed by atoms with Gasteiger partial charge in [-0.25, -0.2) is 33.3 Å². The molecule has 0 saturated heterocycles. The van der Waals surface area contributed by atoms with Crippen LogP contribution in [0.1, 0.15) is 0 Å². The fourth-order valence-corrected chi connectivity index (χ4v) is 8.73. The number of fused-ring (bicyclic) bond motifs is 6. The van der Waals surface area contributed by atoms with Crippen molar-refractivity contribution in [3.8, 4) is 11.3 Å². The summed E-state index contributed by atoms with van der Waals surface area (Å²) in [5.74, 6) is 0. The van der Waals surface area contributed by atoms with Crippen LogP contribution < -0.4 is 20.5 Å². The molecule has 15 nitrogen and oxygen atoms in total. The summed E-state index contributed by atoms with van der Waals surface area (Å²) in [6.45, 7) is 0.350. The molecule has 8 aromatic rings. The predicted molar refractivity (Wildman–Crippen MR) is 221 cm³/mol. The van der Waals surface area contributed by atoms with Gasteiger partial charge < -0.3 is 14.5 Å². The maximum absolute atomic E-state index is 12.9. The number of nitrogens with zero attached hydrogens (tertiary/aromatic N) is 9. The minimum atomic E-state index is -0.347. The van der Waals surface area contributed by atoms with Crippen LogP contribution in [0.3, 0.4) is 0 Å². The van der Waals surface area contributed by atoms with E-state index in [4.69, 9.17) is 9.47 Å². The number of hydrogen-bond acceptors (Lipinski definition) is 12. The van der Waals surface area contributed by atoms with E-state index in [-0.39, 0.29) is 51.4 Å². The van der Waals surface area contributed by atoms with Crippen LogP contribution in [0.5, 0.6) is 0 Å². The number of hydrogen-bond donors (Lipinski definition) is 1. The molecule has 19 heteroatoms. The predicted octanol–water partition coefficient (Wildman–Crippen LogP) is 4.16. The Balaban J connectivity index is 0.000000153. The molecule has 0 unspecified atom stereocenters. The Morgan fingerprint density at radius 3 is 2.11 bits per heavy atom. The Hall–Kier alpha value is -4.09. The summed E-state index contributed by atoms with van der Waals surface area (Å²) < 4.78 is 18.4. The Kier molecular flexibility index (Phi) is 13.2. The maximum atomic E-state index is 12.9. The molecular formula is C35H33IN10O5S2Sn. The molecule has 0 spiro atoms. The first-order valence-corrected chi connectivity index (χ1v) is 23.9. The first-order valence-electron chi connectivity index (χ1n) is 16.1. The van der Waals surface area contributed by atoms with Gasteiger partial charge in [0.25, 0.3) is 0 Å². The Labute approximate surface area is 340 Å². The second-order valence-corrected chi connectivity index (χ2v) is 16.7. The molecule has 0 aromatic carbocycles. The minimum absolute atomic E-state index is 0.116. The third kappa shape index (κ3) is 7.98. The van der Waals surface area contributed by atoms with E-state index in [0.717, 1.165) is 19.6 Å². The van der Waals surface area contributed by atoms with Crippen molar-refractivity contribution in [2.45, 2.75) is 28.7 Å². The summed E-state index contributed by atoms with van der Waals surface area (Å²) in [6.07, 6.45) is 14.0. The summed E-state index contributed by atoms with van der Waals surface area (Å²) in [5.41, 5.74) is 3.18. The van der Waals surface area contributed by atoms with E-state index in [1.165, 1.54) is 48.4 Å². The zero-order chi connectivity index (χ0) is 38.4. The monoisotopic (exact) mass is 984 g/mol. The van der Waals surface area contributed by atoms with Crippen molar-refractivity contribution in [2.24, 2.45) is 0 Å². The van der Waals surface area contributed by atoms with Gasteiger partial charge in [0.15, 0.2) is 10.6 Å². The van der Waals surface area contributed by atoms with Gasteiger partial charge in [0, 0.05) is 65.8 Å². The van der Waals surface area contributed by atoms with Gasteiger partial charge in [-0.3, -0.25) is 13.9 Å². The molecule has 0 aliphatic carbocycles. The van der Waals surface area contributed by atoms with Crippen molar-refractivity contribution in [3.63, 3.8) is 0 Å². The molecule has 2 radical (unpaired) electrons. The molecule has 0 atom stereocenters. The Morgan fingerprint density at radius 1 is 0.796 bits per heavy atom. The first kappa shape index (κ1) is 39.6. The molecule has 8 rings (SSSR count). The quantitative estimate of drug-likeness (QED) is 0.100. The van der Waals surface area contributed by atoms with Crippen molar-refractivity contribution < 1.29 is 9.47 Å². The molecule has 0 saturated carbocycles. The van der Waals surface area contributed by atoms with Crippen LogP contribution in [0.4, 0.5) is 0 Å². The summed E-state index contributed by atoms with van der Waals surface area (Å²) >= 11 is 4.91. The number of H-pyrrole nitrogens is 1. The third-order valence-corrected chi connectivity index (χ3v) is 12.5. The SMILES string of the molecule is COCn1ccc2c(-c3ccnc(SC)n3)c3c(=O)cc[nH]c3n2c1=O.COCn1ccc2c(I)c3cccnc3n2c1=O.CSc1ncc[c]([Sn][CH3])n1. The van der Waals surface area contributed by atoms with Crippen molar-refractivity contribution in [1.82, 2.24) is 47.8 Å². The molecular weight excluding hydrogens is 950 g/mol. The average molecular weight is 983 g/mol. The second-order valence-electron chi connectivity index (χ2n) is 11.1. The standard InChI is InChI=1S/C17H15N5O3S.C12H10IN3O2.C5H5N2S.CH3.Sn/c1-25-9-21-8-5-11-13(10-3-6-19-16(20-10)26-2)14-12(23)4-7-18-15(14)22(11)17(21)24;1-18-7-15-6-4-9-10(13)8-3-2-5-14-11(8)16(9)12(15)17;1-8-5-6-3-2-4-7-5;;/h3-8H,9H2,1-2H3,(H,18,23);2-6H,7H2,1H3;2-3H,1H3;1H3;. The Bertz CT molecular complexity index is 2770. The topological polar surface area (TPSA) is 169 Å². The van der Waals surface area contributed by atoms with Gasteiger partial charge >= 0.3 is 86.6 Å². The van der Waals surface area contributed by atoms with Gasteiger partial charge in [0.2, 0.25) is 0 Å². The normalized spacial score (nSPS) is 11.1. The number of aromatic amines is 1. The molecule has 0 bridgehead atoms. The van der Waals surface area contributed by atoms with Gasteiger partial charge in [-0.05, 0) is 59.2 Å². The molecule has 54 heavy (non-hydrogen) atoms. The molecule has 276 valence electrons. The number of thioether (sulfide) groups is 2. The van der Waals surface area contributed by atoms with Crippen LogP contribution in [-0.2, 0) is 22.9 Å². The molecule has 0 amide bonds. The third-order valence-electron chi connectivity index (χ3n) is 7.99. The zero-order valence-corrected chi connectivity index (χ0v) is 36.3. The Morgan fingerprint density at radius 2 is 1.44 bits per heavy atom. The van der Waals surface area contributed by atoms with Gasteiger partial charge in [0.1, 0.15) is 24.8 Å². The van der Waals surface area contributed by atoms with Crippen LogP contribution in [0.2, 0.25) is 4.94 Å². The van der Waals surface area contributed by atoms with E-state index in [9.17, 15) is 14.4 Å². The first-order chi connectivity index (χ1) is 26.3. The summed E-state index contributed by atoms with van der Waals surface area (Å²) in [7, 11) is 3.08. The van der Waals surface area contributed by atoms with E-state index in [2.05, 4.69) is 57.4 Å². The van der Waals surface area contributed by atoms with Crippen LogP contribution >= 0.6 is 46.1 Å². The van der Waals surface area contributed by atoms with E-state index in [1.807, 2.05) is 43.0 Å². The van der Waals surface area contributed by atoms with Crippen LogP contribution in [0.25, 0.3) is 44.4 Å². The number of halogens is 1. The molecule has 0 fully saturated rings. The van der Waals surface area contributed by atoms with Crippen molar-refractivity contribution >= 4 is 104 Å². The number of pyridine rings is 2. The number of ether oxygens (including phenoxy) is 2. The molecule has 8 heterocycles. The number of aromatic nitrogens is 10. The van der Waals surface area contributed by atoms with Crippen LogP contribution in [-0.4, -0.2) is 95.7 Å². The summed E-state index contributed by atoms with van der Waals surface area (Å²) in [4.78, 5) is 64.6. The van der Waals surface area contributed by atoms with E-state index in [0.29, 0.717) is 38.6 Å². The van der Waals surface area contributed by atoms with Crippen LogP contribution in [0, 0.1) is 3.57 Å². The van der Waals surface area contributed by atoms with Crippen molar-refractivity contribution in [3.05, 3.63) is 114 Å². The summed E-state index contributed by atoms with van der Waals surface area (Å²) in [5, 5.41) is 2.91. The fourth-order valence-electron chi connectivity index (χ4n) is 5.64. The number of rotatable bonds is 8.